The van der Waals surface area contributed by atoms with Gasteiger partial charge in [-0.15, -0.1) is 6.42 Å². The van der Waals surface area contributed by atoms with Gasteiger partial charge in [0.15, 0.2) is 5.82 Å². The maximum absolute atomic E-state index is 17.0. The molecule has 10 heteroatoms. The van der Waals surface area contributed by atoms with E-state index in [9.17, 15) is 13.9 Å². The average Bonchev–Trinajstić information content (AvgIpc) is 3.53. The van der Waals surface area contributed by atoms with Crippen LogP contribution >= 0.6 is 0 Å². The SMILES string of the molecule is C#Cc1c(F)ccc2cc(O)cc(-c3nc4c5c(nc(OC[C@@]67CCCN6C[C@H](F)C7)nc5c3F)N(Cc3ccccc3)CCC4)c12. The number of aromatic hydroxyl groups is 1. The number of hydrogen-bond donors (Lipinski definition) is 1. The van der Waals surface area contributed by atoms with Crippen molar-refractivity contribution in [1.82, 2.24) is 19.9 Å². The first-order chi connectivity index (χ1) is 22.8. The topological polar surface area (TPSA) is 74.6 Å². The molecule has 5 aromatic rings. The Balaban J connectivity index is 1.32. The van der Waals surface area contributed by atoms with Crippen LogP contribution in [0.4, 0.5) is 19.0 Å². The van der Waals surface area contributed by atoms with Crippen molar-refractivity contribution in [2.24, 2.45) is 0 Å². The quantitative estimate of drug-likeness (QED) is 0.208. The molecule has 2 atom stereocenters. The van der Waals surface area contributed by atoms with Crippen LogP contribution in [0.25, 0.3) is 32.9 Å². The number of benzene rings is 3. The summed E-state index contributed by atoms with van der Waals surface area (Å²) in [4.78, 5) is 18.6. The summed E-state index contributed by atoms with van der Waals surface area (Å²) in [6, 6.07) is 15.5. The smallest absolute Gasteiger partial charge is 0.319 e. The number of phenols is 1. The molecule has 2 fully saturated rings. The van der Waals surface area contributed by atoms with Crippen LogP contribution in [0.2, 0.25) is 0 Å². The molecule has 1 N–H and O–H groups in total. The van der Waals surface area contributed by atoms with E-state index in [0.29, 0.717) is 61.2 Å². The van der Waals surface area contributed by atoms with Crippen LogP contribution in [-0.4, -0.2) is 62.9 Å². The summed E-state index contributed by atoms with van der Waals surface area (Å²) in [7, 11) is 0. The van der Waals surface area contributed by atoms with E-state index < -0.39 is 23.3 Å². The van der Waals surface area contributed by atoms with Crippen molar-refractivity contribution in [3.63, 3.8) is 0 Å². The van der Waals surface area contributed by atoms with Gasteiger partial charge in [-0.25, -0.2) is 18.2 Å². The fourth-order valence-corrected chi connectivity index (χ4v) is 7.76. The summed E-state index contributed by atoms with van der Waals surface area (Å²) < 4.78 is 52.8. The number of rotatable bonds is 6. The molecule has 0 spiro atoms. The Morgan fingerprint density at radius 2 is 1.87 bits per heavy atom. The molecule has 0 aliphatic carbocycles. The van der Waals surface area contributed by atoms with E-state index >= 15 is 4.39 Å². The van der Waals surface area contributed by atoms with E-state index in [4.69, 9.17) is 21.1 Å². The lowest BCUT2D eigenvalue weighted by Gasteiger charge is -2.31. The third kappa shape index (κ3) is 5.01. The average molecular weight is 636 g/mol. The van der Waals surface area contributed by atoms with Gasteiger partial charge in [0.25, 0.3) is 0 Å². The first kappa shape index (κ1) is 29.5. The zero-order chi connectivity index (χ0) is 32.3. The van der Waals surface area contributed by atoms with Crippen molar-refractivity contribution in [1.29, 1.82) is 0 Å². The third-order valence-electron chi connectivity index (χ3n) is 9.86. The van der Waals surface area contributed by atoms with E-state index in [2.05, 4.69) is 20.7 Å². The Morgan fingerprint density at radius 3 is 2.70 bits per heavy atom. The minimum absolute atomic E-state index is 0.00544. The number of halogens is 3. The Bertz CT molecular complexity index is 2090. The molecule has 3 aliphatic rings. The van der Waals surface area contributed by atoms with E-state index in [0.717, 1.165) is 24.9 Å². The van der Waals surface area contributed by atoms with Gasteiger partial charge in [0.2, 0.25) is 0 Å². The molecule has 2 aromatic heterocycles. The zero-order valence-corrected chi connectivity index (χ0v) is 25.6. The highest BCUT2D eigenvalue weighted by atomic mass is 19.1. The number of alkyl halides is 1. The molecule has 7 nitrogen and oxygen atoms in total. The molecule has 0 radical (unpaired) electrons. The molecule has 47 heavy (non-hydrogen) atoms. The van der Waals surface area contributed by atoms with Gasteiger partial charge in [-0.05, 0) is 61.4 Å². The van der Waals surface area contributed by atoms with Gasteiger partial charge in [0, 0.05) is 37.0 Å². The molecule has 0 unspecified atom stereocenters. The highest BCUT2D eigenvalue weighted by Gasteiger charge is 2.49. The van der Waals surface area contributed by atoms with E-state index in [1.807, 2.05) is 30.3 Å². The molecule has 238 valence electrons. The molecule has 0 amide bonds. The number of aromatic nitrogens is 3. The van der Waals surface area contributed by atoms with Crippen LogP contribution in [0.15, 0.2) is 54.6 Å². The van der Waals surface area contributed by atoms with Crippen molar-refractivity contribution in [2.75, 3.05) is 31.1 Å². The Morgan fingerprint density at radius 1 is 1.02 bits per heavy atom. The summed E-state index contributed by atoms with van der Waals surface area (Å²) in [6.07, 6.45) is 8.15. The van der Waals surface area contributed by atoms with E-state index in [1.54, 1.807) is 0 Å². The summed E-state index contributed by atoms with van der Waals surface area (Å²) in [5, 5.41) is 11.8. The highest BCUT2D eigenvalue weighted by molar-refractivity contribution is 6.03. The Hall–Kier alpha value is -4.88. The summed E-state index contributed by atoms with van der Waals surface area (Å²) in [5.74, 6) is 1.37. The lowest BCUT2D eigenvalue weighted by atomic mass is 9.95. The number of fused-ring (bicyclic) bond motifs is 2. The highest BCUT2D eigenvalue weighted by Crippen LogP contribution is 2.43. The summed E-state index contributed by atoms with van der Waals surface area (Å²) in [5.41, 5.74) is 1.23. The van der Waals surface area contributed by atoms with Crippen molar-refractivity contribution < 1.29 is 23.0 Å². The van der Waals surface area contributed by atoms with Crippen LogP contribution < -0.4 is 9.64 Å². The fraction of sp³-hybridized carbons (Fsp3) is 0.324. The molecule has 2 saturated heterocycles. The molecule has 0 saturated carbocycles. The predicted molar refractivity (Wildman–Crippen MR) is 174 cm³/mol. The maximum atomic E-state index is 17.0. The fourth-order valence-electron chi connectivity index (χ4n) is 7.76. The molecule has 5 heterocycles. The van der Waals surface area contributed by atoms with Gasteiger partial charge in [0.1, 0.15) is 41.4 Å². The number of nitrogens with zero attached hydrogens (tertiary/aromatic N) is 5. The second-order valence-corrected chi connectivity index (χ2v) is 12.8. The first-order valence-electron chi connectivity index (χ1n) is 16.0. The van der Waals surface area contributed by atoms with Crippen molar-refractivity contribution >= 4 is 27.5 Å². The maximum Gasteiger partial charge on any atom is 0.319 e. The molecule has 8 rings (SSSR count). The normalized spacial score (nSPS) is 20.8. The predicted octanol–water partition coefficient (Wildman–Crippen LogP) is 6.72. The lowest BCUT2D eigenvalue weighted by molar-refractivity contribution is 0.107. The van der Waals surface area contributed by atoms with Gasteiger partial charge in [-0.1, -0.05) is 42.3 Å². The van der Waals surface area contributed by atoms with Gasteiger partial charge in [-0.2, -0.15) is 9.97 Å². The summed E-state index contributed by atoms with van der Waals surface area (Å²) in [6.45, 7) is 2.52. The number of aryl methyl sites for hydroxylation is 1. The Labute approximate surface area is 270 Å². The van der Waals surface area contributed by atoms with Crippen LogP contribution in [0.1, 0.15) is 42.5 Å². The van der Waals surface area contributed by atoms with Crippen LogP contribution in [0.3, 0.4) is 0 Å². The number of phenolic OH excluding ortho intramolecular Hbond substituents is 1. The van der Waals surface area contributed by atoms with Crippen molar-refractivity contribution in [2.45, 2.75) is 50.4 Å². The standard InChI is InChI=1S/C37H32F3N5O2/c1-2-26-28(39)12-11-23-16-25(46)17-27(30(23)26)33-32(40)34-31-29(41-33)10-6-14-44(19-22-8-4-3-5-9-22)35(31)43-36(42-34)47-21-37-13-7-15-45(37)20-24(38)18-37/h1,3-5,8-9,11-12,16-17,24,46H,6-7,10,13-15,18-21H2/t24-,37+/m1/s1. The zero-order valence-electron chi connectivity index (χ0n) is 25.6. The van der Waals surface area contributed by atoms with Gasteiger partial charge in [-0.3, -0.25) is 4.90 Å². The van der Waals surface area contributed by atoms with Gasteiger partial charge < -0.3 is 14.7 Å². The van der Waals surface area contributed by atoms with E-state index in [1.165, 1.54) is 24.3 Å². The number of anilines is 1. The second-order valence-electron chi connectivity index (χ2n) is 12.8. The largest absolute Gasteiger partial charge is 0.508 e. The molecule has 3 aliphatic heterocycles. The Kier molecular flexibility index (Phi) is 7.17. The second kappa shape index (κ2) is 11.4. The molecule has 0 bridgehead atoms. The van der Waals surface area contributed by atoms with Crippen molar-refractivity contribution in [3.8, 4) is 35.4 Å². The number of hydrogen-bond acceptors (Lipinski definition) is 7. The minimum atomic E-state index is -0.925. The number of pyridine rings is 1. The lowest BCUT2D eigenvalue weighted by Crippen LogP contribution is -2.43. The number of terminal acetylenes is 1. The molecular weight excluding hydrogens is 603 g/mol. The number of ether oxygens (including phenoxy) is 1. The van der Waals surface area contributed by atoms with E-state index in [-0.39, 0.29) is 46.1 Å². The molecule has 3 aromatic carbocycles. The summed E-state index contributed by atoms with van der Waals surface area (Å²) >= 11 is 0. The first-order valence-corrected chi connectivity index (χ1v) is 16.0. The third-order valence-corrected chi connectivity index (χ3v) is 9.86. The van der Waals surface area contributed by atoms with Crippen molar-refractivity contribution in [3.05, 3.63) is 83.1 Å². The van der Waals surface area contributed by atoms with Crippen LogP contribution in [-0.2, 0) is 13.0 Å². The monoisotopic (exact) mass is 635 g/mol. The van der Waals surface area contributed by atoms with Gasteiger partial charge in [0.05, 0.1) is 22.2 Å². The molecular formula is C37H32F3N5O2. The van der Waals surface area contributed by atoms with Crippen LogP contribution in [0.5, 0.6) is 11.8 Å². The minimum Gasteiger partial charge on any atom is -0.508 e. The van der Waals surface area contributed by atoms with Crippen LogP contribution in [0, 0.1) is 24.0 Å². The van der Waals surface area contributed by atoms with Gasteiger partial charge >= 0.3 is 6.01 Å².